The second-order valence-electron chi connectivity index (χ2n) is 6.03. The van der Waals surface area contributed by atoms with Gasteiger partial charge in [-0.3, -0.25) is 9.59 Å². The number of nitrogens with zero attached hydrogens (tertiary/aromatic N) is 1. The van der Waals surface area contributed by atoms with E-state index in [1.165, 1.54) is 0 Å². The van der Waals surface area contributed by atoms with Crippen molar-refractivity contribution in [3.8, 4) is 0 Å². The third kappa shape index (κ3) is 5.73. The van der Waals surface area contributed by atoms with E-state index in [0.29, 0.717) is 5.69 Å². The number of benzene rings is 2. The van der Waals surface area contributed by atoms with Crippen LogP contribution in [0, 0.1) is 0 Å². The van der Waals surface area contributed by atoms with Gasteiger partial charge in [-0.25, -0.2) is 0 Å². The Morgan fingerprint density at radius 2 is 1.50 bits per heavy atom. The van der Waals surface area contributed by atoms with Crippen molar-refractivity contribution in [2.75, 3.05) is 29.9 Å². The van der Waals surface area contributed by atoms with E-state index < -0.39 is 23.6 Å². The van der Waals surface area contributed by atoms with Gasteiger partial charge in [-0.1, -0.05) is 0 Å². The van der Waals surface area contributed by atoms with Crippen molar-refractivity contribution in [3.05, 3.63) is 59.7 Å². The van der Waals surface area contributed by atoms with Crippen molar-refractivity contribution in [1.82, 2.24) is 5.32 Å². The van der Waals surface area contributed by atoms with Gasteiger partial charge in [0.1, 0.15) is 0 Å². The Hall–Kier alpha value is -3.03. The highest BCUT2D eigenvalue weighted by molar-refractivity contribution is 5.99. The minimum absolute atomic E-state index is 0.0457. The smallest absolute Gasteiger partial charge is 0.372 e. The number of nitrogens with one attached hydrogen (secondary N) is 2. The van der Waals surface area contributed by atoms with Crippen molar-refractivity contribution in [3.63, 3.8) is 0 Å². The Kier molecular flexibility index (Phi) is 7.03. The highest BCUT2D eigenvalue weighted by Crippen LogP contribution is 2.29. The molecule has 0 unspecified atom stereocenters. The fourth-order valence-electron chi connectivity index (χ4n) is 2.62. The predicted octanol–water partition coefficient (Wildman–Crippen LogP) is 3.92. The number of halogens is 3. The molecule has 0 bridgehead atoms. The molecule has 2 amide bonds. The van der Waals surface area contributed by atoms with E-state index in [0.717, 1.165) is 43.0 Å². The first-order chi connectivity index (χ1) is 13.2. The molecule has 2 aromatic rings. The van der Waals surface area contributed by atoms with Crippen LogP contribution < -0.4 is 15.5 Å². The summed E-state index contributed by atoms with van der Waals surface area (Å²) in [5, 5.41) is 5.04. The van der Waals surface area contributed by atoms with Crippen molar-refractivity contribution in [1.29, 1.82) is 0 Å². The first-order valence-corrected chi connectivity index (χ1v) is 8.85. The second-order valence-corrected chi connectivity index (χ2v) is 6.03. The summed E-state index contributed by atoms with van der Waals surface area (Å²) in [5.74, 6) is -1.06. The summed E-state index contributed by atoms with van der Waals surface area (Å²) < 4.78 is 37.6. The number of anilines is 2. The normalized spacial score (nSPS) is 11.0. The average molecular weight is 393 g/mol. The Balaban J connectivity index is 1.87. The summed E-state index contributed by atoms with van der Waals surface area (Å²) in [7, 11) is 0. The molecule has 0 aliphatic heterocycles. The minimum Gasteiger partial charge on any atom is -0.372 e. The van der Waals surface area contributed by atoms with E-state index >= 15 is 0 Å². The molecular formula is C20H22F3N3O2. The van der Waals surface area contributed by atoms with Crippen LogP contribution in [-0.2, 0) is 11.0 Å². The van der Waals surface area contributed by atoms with E-state index in [4.69, 9.17) is 0 Å². The van der Waals surface area contributed by atoms with Gasteiger partial charge in [-0.2, -0.15) is 13.2 Å². The highest BCUT2D eigenvalue weighted by Gasteiger charge is 2.30. The van der Waals surface area contributed by atoms with E-state index in [1.807, 2.05) is 12.1 Å². The molecule has 0 aliphatic carbocycles. The van der Waals surface area contributed by atoms with Gasteiger partial charge < -0.3 is 15.5 Å². The monoisotopic (exact) mass is 393 g/mol. The van der Waals surface area contributed by atoms with Crippen molar-refractivity contribution < 1.29 is 22.8 Å². The van der Waals surface area contributed by atoms with Gasteiger partial charge in [0.2, 0.25) is 5.91 Å². The minimum atomic E-state index is -4.46. The van der Waals surface area contributed by atoms with Crippen LogP contribution in [-0.4, -0.2) is 31.4 Å². The van der Waals surface area contributed by atoms with Gasteiger partial charge in [0.25, 0.3) is 5.91 Å². The van der Waals surface area contributed by atoms with Gasteiger partial charge >= 0.3 is 6.18 Å². The lowest BCUT2D eigenvalue weighted by atomic mass is 10.1. The molecule has 8 heteroatoms. The fraction of sp³-hybridized carbons (Fsp3) is 0.300. The standard InChI is InChI=1S/C20H22F3N3O2/c1-3-26(4-2)17-11-9-16(10-12-17)25-18(27)13-24-19(28)14-5-7-15(8-6-14)20(21,22)23/h5-12H,3-4,13H2,1-2H3,(H,24,28)(H,25,27). The third-order valence-electron chi connectivity index (χ3n) is 4.16. The lowest BCUT2D eigenvalue weighted by Crippen LogP contribution is -2.32. The molecule has 150 valence electrons. The van der Waals surface area contributed by atoms with Crippen LogP contribution in [0.4, 0.5) is 24.5 Å². The zero-order chi connectivity index (χ0) is 20.7. The molecule has 0 heterocycles. The van der Waals surface area contributed by atoms with Crippen molar-refractivity contribution in [2.24, 2.45) is 0 Å². The first-order valence-electron chi connectivity index (χ1n) is 8.85. The van der Waals surface area contributed by atoms with Gasteiger partial charge in [0, 0.05) is 30.0 Å². The van der Waals surface area contributed by atoms with Gasteiger partial charge in [0.05, 0.1) is 12.1 Å². The van der Waals surface area contributed by atoms with Gasteiger partial charge in [-0.15, -0.1) is 0 Å². The van der Waals surface area contributed by atoms with E-state index in [-0.39, 0.29) is 12.1 Å². The summed E-state index contributed by atoms with van der Waals surface area (Å²) in [5.41, 5.74) is 0.836. The van der Waals surface area contributed by atoms with Crippen LogP contribution in [0.3, 0.4) is 0 Å². The number of hydrogen-bond acceptors (Lipinski definition) is 3. The Morgan fingerprint density at radius 1 is 0.929 bits per heavy atom. The predicted molar refractivity (Wildman–Crippen MR) is 102 cm³/mol. The summed E-state index contributed by atoms with van der Waals surface area (Å²) in [6, 6.07) is 11.1. The Morgan fingerprint density at radius 3 is 2.00 bits per heavy atom. The molecule has 2 rings (SSSR count). The molecule has 0 atom stereocenters. The van der Waals surface area contributed by atoms with Crippen molar-refractivity contribution >= 4 is 23.2 Å². The molecule has 2 aromatic carbocycles. The number of carbonyl (C=O) groups is 2. The average Bonchev–Trinajstić information content (AvgIpc) is 2.68. The molecule has 28 heavy (non-hydrogen) atoms. The number of hydrogen-bond donors (Lipinski definition) is 2. The SMILES string of the molecule is CCN(CC)c1ccc(NC(=O)CNC(=O)c2ccc(C(F)(F)F)cc2)cc1. The van der Waals surface area contributed by atoms with E-state index in [2.05, 4.69) is 29.4 Å². The van der Waals surface area contributed by atoms with Crippen LogP contribution in [0.25, 0.3) is 0 Å². The molecule has 0 saturated heterocycles. The van der Waals surface area contributed by atoms with Crippen LogP contribution >= 0.6 is 0 Å². The molecular weight excluding hydrogens is 371 g/mol. The van der Waals surface area contributed by atoms with E-state index in [1.54, 1.807) is 12.1 Å². The number of rotatable bonds is 7. The first kappa shape index (κ1) is 21.3. The van der Waals surface area contributed by atoms with Crippen LogP contribution in [0.5, 0.6) is 0 Å². The zero-order valence-corrected chi connectivity index (χ0v) is 15.6. The Labute approximate surface area is 161 Å². The number of amides is 2. The Bertz CT molecular complexity index is 799. The van der Waals surface area contributed by atoms with Gasteiger partial charge in [0.15, 0.2) is 0 Å². The maximum absolute atomic E-state index is 12.5. The summed E-state index contributed by atoms with van der Waals surface area (Å²) in [4.78, 5) is 26.1. The number of carbonyl (C=O) groups excluding carboxylic acids is 2. The van der Waals surface area contributed by atoms with Crippen LogP contribution in [0.15, 0.2) is 48.5 Å². The van der Waals surface area contributed by atoms with Crippen LogP contribution in [0.1, 0.15) is 29.8 Å². The van der Waals surface area contributed by atoms with Crippen LogP contribution in [0.2, 0.25) is 0 Å². The fourth-order valence-corrected chi connectivity index (χ4v) is 2.62. The lowest BCUT2D eigenvalue weighted by Gasteiger charge is -2.21. The maximum atomic E-state index is 12.5. The number of alkyl halides is 3. The molecule has 0 spiro atoms. The third-order valence-corrected chi connectivity index (χ3v) is 4.16. The largest absolute Gasteiger partial charge is 0.416 e. The quantitative estimate of drug-likeness (QED) is 0.750. The molecule has 0 aliphatic rings. The molecule has 0 aromatic heterocycles. The summed E-state index contributed by atoms with van der Waals surface area (Å²) in [6.07, 6.45) is -4.46. The van der Waals surface area contributed by atoms with E-state index in [9.17, 15) is 22.8 Å². The maximum Gasteiger partial charge on any atom is 0.416 e. The lowest BCUT2D eigenvalue weighted by molar-refractivity contribution is -0.137. The second kappa shape index (κ2) is 9.25. The molecule has 0 saturated carbocycles. The van der Waals surface area contributed by atoms with Gasteiger partial charge in [-0.05, 0) is 62.4 Å². The highest BCUT2D eigenvalue weighted by atomic mass is 19.4. The summed E-state index contributed by atoms with van der Waals surface area (Å²) >= 11 is 0. The molecule has 0 fully saturated rings. The molecule has 2 N–H and O–H groups in total. The zero-order valence-electron chi connectivity index (χ0n) is 15.6. The topological polar surface area (TPSA) is 61.4 Å². The van der Waals surface area contributed by atoms with Crippen molar-refractivity contribution in [2.45, 2.75) is 20.0 Å². The molecule has 0 radical (unpaired) electrons. The molecule has 5 nitrogen and oxygen atoms in total. The summed E-state index contributed by atoms with van der Waals surface area (Å²) in [6.45, 7) is 5.56.